The predicted octanol–water partition coefficient (Wildman–Crippen LogP) is 7.92. The van der Waals surface area contributed by atoms with Crippen LogP contribution in [0.25, 0.3) is 0 Å². The molecule has 0 aliphatic heterocycles. The molecule has 0 aliphatic rings. The van der Waals surface area contributed by atoms with E-state index in [4.69, 9.17) is 23.2 Å². The highest BCUT2D eigenvalue weighted by Gasteiger charge is 2.03. The maximum atomic E-state index is 11.8. The van der Waals surface area contributed by atoms with Gasteiger partial charge in [-0.05, 0) is 18.6 Å². The minimum absolute atomic E-state index is 0.0671. The van der Waals surface area contributed by atoms with Crippen molar-refractivity contribution in [3.63, 3.8) is 0 Å². The second kappa shape index (κ2) is 16.9. The maximum absolute atomic E-state index is 11.8. The van der Waals surface area contributed by atoms with Crippen molar-refractivity contribution in [2.24, 2.45) is 5.10 Å². The van der Waals surface area contributed by atoms with E-state index in [1.54, 1.807) is 18.2 Å². The minimum Gasteiger partial charge on any atom is -0.273 e. The highest BCUT2D eigenvalue weighted by Crippen LogP contribution is 2.22. The van der Waals surface area contributed by atoms with E-state index in [-0.39, 0.29) is 5.91 Å². The fraction of sp³-hybridized carbons (Fsp3) is 0.652. The van der Waals surface area contributed by atoms with Gasteiger partial charge in [0.1, 0.15) is 0 Å². The largest absolute Gasteiger partial charge is 0.273 e. The molecule has 0 unspecified atom stereocenters. The number of rotatable bonds is 16. The van der Waals surface area contributed by atoms with E-state index in [2.05, 4.69) is 17.5 Å². The number of hydrogen-bond acceptors (Lipinski definition) is 2. The molecule has 0 saturated heterocycles. The van der Waals surface area contributed by atoms with Gasteiger partial charge in [0.05, 0.1) is 16.3 Å². The number of benzene rings is 1. The number of hydrazone groups is 1. The molecule has 1 N–H and O–H groups in total. The number of amides is 1. The van der Waals surface area contributed by atoms with E-state index < -0.39 is 0 Å². The second-order valence-electron chi connectivity index (χ2n) is 7.42. The van der Waals surface area contributed by atoms with Gasteiger partial charge in [-0.2, -0.15) is 5.10 Å². The minimum atomic E-state index is -0.0671. The molecule has 0 aliphatic carbocycles. The molecule has 0 fully saturated rings. The van der Waals surface area contributed by atoms with Gasteiger partial charge in [-0.25, -0.2) is 5.43 Å². The first kappa shape index (κ1) is 25.0. The van der Waals surface area contributed by atoms with Gasteiger partial charge in [0, 0.05) is 12.0 Å². The Morgan fingerprint density at radius 2 is 1.32 bits per heavy atom. The van der Waals surface area contributed by atoms with E-state index in [0.29, 0.717) is 22.0 Å². The summed E-state index contributed by atoms with van der Waals surface area (Å²) < 4.78 is 0. The first-order valence-corrected chi connectivity index (χ1v) is 11.7. The molecular weight excluding hydrogens is 391 g/mol. The van der Waals surface area contributed by atoms with Crippen LogP contribution < -0.4 is 5.43 Å². The molecule has 1 aromatic carbocycles. The summed E-state index contributed by atoms with van der Waals surface area (Å²) in [4.78, 5) is 11.8. The third-order valence-corrected chi connectivity index (χ3v) is 5.55. The van der Waals surface area contributed by atoms with Gasteiger partial charge in [-0.15, -0.1) is 0 Å². The lowest BCUT2D eigenvalue weighted by molar-refractivity contribution is -0.121. The molecule has 0 spiro atoms. The molecule has 0 saturated carbocycles. The molecule has 28 heavy (non-hydrogen) atoms. The number of nitrogens with zero attached hydrogens (tertiary/aromatic N) is 1. The second-order valence-corrected chi connectivity index (χ2v) is 8.24. The number of hydrogen-bond donors (Lipinski definition) is 1. The zero-order valence-electron chi connectivity index (χ0n) is 17.3. The molecule has 1 amide bonds. The van der Waals surface area contributed by atoms with Crippen LogP contribution in [0.2, 0.25) is 10.0 Å². The van der Waals surface area contributed by atoms with Crippen LogP contribution in [0.4, 0.5) is 0 Å². The van der Waals surface area contributed by atoms with Crippen molar-refractivity contribution < 1.29 is 4.79 Å². The highest BCUT2D eigenvalue weighted by atomic mass is 35.5. The summed E-state index contributed by atoms with van der Waals surface area (Å²) in [6.45, 7) is 2.26. The van der Waals surface area contributed by atoms with Gasteiger partial charge in [0.15, 0.2) is 0 Å². The van der Waals surface area contributed by atoms with Gasteiger partial charge in [0.2, 0.25) is 5.91 Å². The molecule has 0 heterocycles. The van der Waals surface area contributed by atoms with Gasteiger partial charge in [-0.1, -0.05) is 113 Å². The summed E-state index contributed by atoms with van der Waals surface area (Å²) >= 11 is 12.1. The van der Waals surface area contributed by atoms with E-state index in [1.165, 1.54) is 76.8 Å². The monoisotopic (exact) mass is 426 g/mol. The lowest BCUT2D eigenvalue weighted by Gasteiger charge is -2.03. The lowest BCUT2D eigenvalue weighted by atomic mass is 10.0. The topological polar surface area (TPSA) is 41.5 Å². The van der Waals surface area contributed by atoms with Crippen LogP contribution >= 0.6 is 23.2 Å². The van der Waals surface area contributed by atoms with E-state index >= 15 is 0 Å². The Balaban J connectivity index is 1.95. The van der Waals surface area contributed by atoms with Crippen molar-refractivity contribution in [1.82, 2.24) is 5.43 Å². The molecule has 1 aromatic rings. The normalized spacial score (nSPS) is 11.2. The van der Waals surface area contributed by atoms with Crippen LogP contribution in [0.3, 0.4) is 0 Å². The molecule has 0 bridgehead atoms. The highest BCUT2D eigenvalue weighted by molar-refractivity contribution is 6.38. The number of carbonyl (C=O) groups is 1. The van der Waals surface area contributed by atoms with Gasteiger partial charge >= 0.3 is 0 Å². The van der Waals surface area contributed by atoms with Crippen LogP contribution in [-0.4, -0.2) is 12.1 Å². The quantitative estimate of drug-likeness (QED) is 0.162. The van der Waals surface area contributed by atoms with Crippen LogP contribution in [0, 0.1) is 0 Å². The Hall–Kier alpha value is -1.06. The number of unbranched alkanes of at least 4 members (excludes halogenated alkanes) is 12. The summed E-state index contributed by atoms with van der Waals surface area (Å²) in [5, 5.41) is 4.98. The third-order valence-electron chi connectivity index (χ3n) is 4.89. The van der Waals surface area contributed by atoms with Gasteiger partial charge in [0.25, 0.3) is 0 Å². The van der Waals surface area contributed by atoms with Crippen molar-refractivity contribution in [3.8, 4) is 0 Å². The zero-order chi connectivity index (χ0) is 20.5. The van der Waals surface area contributed by atoms with Crippen LogP contribution in [0.1, 0.15) is 102 Å². The van der Waals surface area contributed by atoms with E-state index in [9.17, 15) is 4.79 Å². The fourth-order valence-electron chi connectivity index (χ4n) is 3.16. The first-order valence-electron chi connectivity index (χ1n) is 10.9. The van der Waals surface area contributed by atoms with Crippen molar-refractivity contribution in [3.05, 3.63) is 33.8 Å². The average Bonchev–Trinajstić information content (AvgIpc) is 2.68. The molecule has 1 rings (SSSR count). The van der Waals surface area contributed by atoms with E-state index in [1.807, 2.05) is 0 Å². The van der Waals surface area contributed by atoms with Crippen molar-refractivity contribution in [1.29, 1.82) is 0 Å². The lowest BCUT2D eigenvalue weighted by Crippen LogP contribution is -2.16. The maximum Gasteiger partial charge on any atom is 0.240 e. The summed E-state index contributed by atoms with van der Waals surface area (Å²) in [5.41, 5.74) is 3.16. The number of carbonyl (C=O) groups excluding carboxylic acids is 1. The van der Waals surface area contributed by atoms with Crippen LogP contribution in [0.15, 0.2) is 23.3 Å². The summed E-state index contributed by atoms with van der Waals surface area (Å²) in [6, 6.07) is 5.25. The van der Waals surface area contributed by atoms with Gasteiger partial charge < -0.3 is 0 Å². The number of nitrogens with one attached hydrogen (secondary N) is 1. The standard InChI is InChI=1S/C23H36Cl2N2O/c1-2-3-4-5-6-7-8-9-10-11-12-13-14-18-23(28)27-26-19-20-21(24)16-15-17-22(20)25/h15-17,19H,2-14,18H2,1H3,(H,27,28)/b26-19-. The van der Waals surface area contributed by atoms with Crippen LogP contribution in [-0.2, 0) is 4.79 Å². The summed E-state index contributed by atoms with van der Waals surface area (Å²) in [7, 11) is 0. The Morgan fingerprint density at radius 1 is 0.857 bits per heavy atom. The molecule has 0 atom stereocenters. The van der Waals surface area contributed by atoms with Crippen molar-refractivity contribution >= 4 is 35.3 Å². The molecule has 0 aromatic heterocycles. The SMILES string of the molecule is CCCCCCCCCCCCCCCC(=O)N/N=C\c1c(Cl)cccc1Cl. The third kappa shape index (κ3) is 12.4. The smallest absolute Gasteiger partial charge is 0.240 e. The Morgan fingerprint density at radius 3 is 1.82 bits per heavy atom. The zero-order valence-corrected chi connectivity index (χ0v) is 18.8. The molecule has 158 valence electrons. The van der Waals surface area contributed by atoms with Crippen LogP contribution in [0.5, 0.6) is 0 Å². The fourth-order valence-corrected chi connectivity index (χ4v) is 3.66. The Labute approximate surface area is 181 Å². The Bertz CT molecular complexity index is 555. The van der Waals surface area contributed by atoms with Crippen molar-refractivity contribution in [2.45, 2.75) is 96.8 Å². The van der Waals surface area contributed by atoms with Crippen molar-refractivity contribution in [2.75, 3.05) is 0 Å². The van der Waals surface area contributed by atoms with Gasteiger partial charge in [-0.3, -0.25) is 4.79 Å². The molecule has 3 nitrogen and oxygen atoms in total. The number of halogens is 2. The first-order chi connectivity index (χ1) is 13.6. The summed E-state index contributed by atoms with van der Waals surface area (Å²) in [5.74, 6) is -0.0671. The molecule has 5 heteroatoms. The predicted molar refractivity (Wildman–Crippen MR) is 123 cm³/mol. The average molecular weight is 427 g/mol. The molecule has 0 radical (unpaired) electrons. The van der Waals surface area contributed by atoms with E-state index in [0.717, 1.165) is 12.8 Å². The Kier molecular flexibility index (Phi) is 15.0. The summed E-state index contributed by atoms with van der Waals surface area (Å²) in [6.07, 6.45) is 18.9. The molecular formula is C23H36Cl2N2O.